The molecule has 66 valence electrons. The second-order valence-corrected chi connectivity index (χ2v) is 2.85. The predicted octanol–water partition coefficient (Wildman–Crippen LogP) is 2.09. The molecule has 0 aliphatic rings. The smallest absolute Gasteiger partial charge is 0.0951 e. The Kier molecular flexibility index (Phi) is 4.95. The van der Waals surface area contributed by atoms with Gasteiger partial charge in [0.05, 0.1) is 18.0 Å². The first kappa shape index (κ1) is 10.5. The SMILES string of the molecule is CC[C@H](C)O/C(C)=C\C(C)O. The van der Waals surface area contributed by atoms with Gasteiger partial charge in [-0.3, -0.25) is 0 Å². The summed E-state index contributed by atoms with van der Waals surface area (Å²) in [6, 6.07) is 0. The van der Waals surface area contributed by atoms with Crippen LogP contribution in [0.15, 0.2) is 11.8 Å². The molecular weight excluding hydrogens is 140 g/mol. The highest BCUT2D eigenvalue weighted by Crippen LogP contribution is 2.05. The minimum absolute atomic E-state index is 0.241. The summed E-state index contributed by atoms with van der Waals surface area (Å²) in [7, 11) is 0. The third-order valence-corrected chi connectivity index (χ3v) is 1.44. The summed E-state index contributed by atoms with van der Waals surface area (Å²) in [4.78, 5) is 0. The van der Waals surface area contributed by atoms with Crippen LogP contribution in [0.3, 0.4) is 0 Å². The maximum Gasteiger partial charge on any atom is 0.0951 e. The van der Waals surface area contributed by atoms with Gasteiger partial charge in [0.15, 0.2) is 0 Å². The van der Waals surface area contributed by atoms with Crippen LogP contribution in [0.4, 0.5) is 0 Å². The molecule has 2 nitrogen and oxygen atoms in total. The van der Waals surface area contributed by atoms with Gasteiger partial charge in [-0.15, -0.1) is 0 Å². The molecule has 1 unspecified atom stereocenters. The number of hydrogen-bond acceptors (Lipinski definition) is 2. The maximum absolute atomic E-state index is 8.95. The average Bonchev–Trinajstić information content (AvgIpc) is 1.85. The Morgan fingerprint density at radius 2 is 2.09 bits per heavy atom. The lowest BCUT2D eigenvalue weighted by Gasteiger charge is -2.13. The van der Waals surface area contributed by atoms with E-state index in [1.54, 1.807) is 13.0 Å². The minimum atomic E-state index is -0.418. The number of hydrogen-bond donors (Lipinski definition) is 1. The second kappa shape index (κ2) is 5.19. The Hall–Kier alpha value is -0.500. The molecule has 2 atom stereocenters. The van der Waals surface area contributed by atoms with Crippen LogP contribution in [0.2, 0.25) is 0 Å². The molecule has 0 aromatic carbocycles. The number of ether oxygens (including phenoxy) is 1. The Bertz CT molecular complexity index is 128. The van der Waals surface area contributed by atoms with Crippen LogP contribution in [0.25, 0.3) is 0 Å². The molecule has 0 fully saturated rings. The first-order chi connectivity index (χ1) is 5.06. The molecule has 0 heterocycles. The zero-order chi connectivity index (χ0) is 8.85. The molecule has 0 saturated heterocycles. The Morgan fingerprint density at radius 1 is 1.55 bits per heavy atom. The number of rotatable bonds is 4. The fourth-order valence-corrected chi connectivity index (χ4v) is 0.780. The summed E-state index contributed by atoms with van der Waals surface area (Å²) in [6.07, 6.45) is 2.51. The van der Waals surface area contributed by atoms with E-state index in [1.807, 2.05) is 13.8 Å². The van der Waals surface area contributed by atoms with Gasteiger partial charge in [0, 0.05) is 0 Å². The van der Waals surface area contributed by atoms with Crippen molar-refractivity contribution in [3.63, 3.8) is 0 Å². The van der Waals surface area contributed by atoms with Gasteiger partial charge in [-0.25, -0.2) is 0 Å². The van der Waals surface area contributed by atoms with E-state index in [9.17, 15) is 0 Å². The highest BCUT2D eigenvalue weighted by molar-refractivity contribution is 4.92. The first-order valence-corrected chi connectivity index (χ1v) is 4.09. The second-order valence-electron chi connectivity index (χ2n) is 2.85. The van der Waals surface area contributed by atoms with Crippen molar-refractivity contribution in [3.05, 3.63) is 11.8 Å². The molecule has 1 N–H and O–H groups in total. The van der Waals surface area contributed by atoms with Crippen LogP contribution in [-0.2, 0) is 4.74 Å². The van der Waals surface area contributed by atoms with E-state index in [1.165, 1.54) is 0 Å². The summed E-state index contributed by atoms with van der Waals surface area (Å²) in [5.74, 6) is 0.800. The highest BCUT2D eigenvalue weighted by Gasteiger charge is 1.99. The van der Waals surface area contributed by atoms with Crippen molar-refractivity contribution in [1.29, 1.82) is 0 Å². The third-order valence-electron chi connectivity index (χ3n) is 1.44. The molecule has 0 saturated carbocycles. The lowest BCUT2D eigenvalue weighted by atomic mass is 10.3. The van der Waals surface area contributed by atoms with E-state index in [4.69, 9.17) is 9.84 Å². The van der Waals surface area contributed by atoms with Crippen LogP contribution >= 0.6 is 0 Å². The van der Waals surface area contributed by atoms with Gasteiger partial charge in [-0.05, 0) is 33.3 Å². The highest BCUT2D eigenvalue weighted by atomic mass is 16.5. The van der Waals surface area contributed by atoms with Gasteiger partial charge in [0.2, 0.25) is 0 Å². The lowest BCUT2D eigenvalue weighted by molar-refractivity contribution is 0.124. The number of allylic oxidation sites excluding steroid dienone is 1. The summed E-state index contributed by atoms with van der Waals surface area (Å²) in [6.45, 7) is 7.65. The van der Waals surface area contributed by atoms with Crippen molar-refractivity contribution in [2.24, 2.45) is 0 Å². The van der Waals surface area contributed by atoms with E-state index in [-0.39, 0.29) is 6.10 Å². The zero-order valence-electron chi connectivity index (χ0n) is 7.79. The normalized spacial score (nSPS) is 17.7. The zero-order valence-corrected chi connectivity index (χ0v) is 7.79. The van der Waals surface area contributed by atoms with Crippen LogP contribution in [0, 0.1) is 0 Å². The first-order valence-electron chi connectivity index (χ1n) is 4.09. The van der Waals surface area contributed by atoms with E-state index in [0.717, 1.165) is 12.2 Å². The Morgan fingerprint density at radius 3 is 2.45 bits per heavy atom. The van der Waals surface area contributed by atoms with Gasteiger partial charge in [0.25, 0.3) is 0 Å². The van der Waals surface area contributed by atoms with E-state index < -0.39 is 6.10 Å². The molecule has 0 bridgehead atoms. The van der Waals surface area contributed by atoms with Crippen LogP contribution in [0.1, 0.15) is 34.1 Å². The van der Waals surface area contributed by atoms with Crippen molar-refractivity contribution in [1.82, 2.24) is 0 Å². The Balaban J connectivity index is 3.76. The predicted molar refractivity (Wildman–Crippen MR) is 46.3 cm³/mol. The lowest BCUT2D eigenvalue weighted by Crippen LogP contribution is -2.06. The van der Waals surface area contributed by atoms with Crippen LogP contribution in [0.5, 0.6) is 0 Å². The van der Waals surface area contributed by atoms with Gasteiger partial charge < -0.3 is 9.84 Å². The maximum atomic E-state index is 8.95. The van der Waals surface area contributed by atoms with Crippen molar-refractivity contribution < 1.29 is 9.84 Å². The third kappa shape index (κ3) is 5.92. The molecule has 0 aromatic rings. The van der Waals surface area contributed by atoms with Crippen molar-refractivity contribution in [3.8, 4) is 0 Å². The largest absolute Gasteiger partial charge is 0.496 e. The summed E-state index contributed by atoms with van der Waals surface area (Å²) in [5, 5.41) is 8.95. The molecule has 0 aliphatic carbocycles. The summed E-state index contributed by atoms with van der Waals surface area (Å²) < 4.78 is 5.41. The molecule has 0 aliphatic heterocycles. The van der Waals surface area contributed by atoms with Gasteiger partial charge in [0.1, 0.15) is 0 Å². The van der Waals surface area contributed by atoms with Gasteiger partial charge in [-0.1, -0.05) is 6.92 Å². The molecule has 2 heteroatoms. The van der Waals surface area contributed by atoms with E-state index in [2.05, 4.69) is 6.92 Å². The summed E-state index contributed by atoms with van der Waals surface area (Å²) in [5.41, 5.74) is 0. The molecule has 0 aromatic heterocycles. The molecule has 0 radical (unpaired) electrons. The average molecular weight is 158 g/mol. The van der Waals surface area contributed by atoms with Crippen LogP contribution < -0.4 is 0 Å². The van der Waals surface area contributed by atoms with Crippen molar-refractivity contribution in [2.45, 2.75) is 46.3 Å². The quantitative estimate of drug-likeness (QED) is 0.635. The number of aliphatic hydroxyl groups excluding tert-OH is 1. The monoisotopic (exact) mass is 158 g/mol. The molecule has 0 amide bonds. The van der Waals surface area contributed by atoms with Crippen molar-refractivity contribution >= 4 is 0 Å². The van der Waals surface area contributed by atoms with Crippen LogP contribution in [-0.4, -0.2) is 17.3 Å². The fraction of sp³-hybridized carbons (Fsp3) is 0.778. The van der Waals surface area contributed by atoms with Gasteiger partial charge in [-0.2, -0.15) is 0 Å². The molecular formula is C9H18O2. The fourth-order valence-electron chi connectivity index (χ4n) is 0.780. The molecule has 11 heavy (non-hydrogen) atoms. The summed E-state index contributed by atoms with van der Waals surface area (Å²) >= 11 is 0. The van der Waals surface area contributed by atoms with Gasteiger partial charge >= 0.3 is 0 Å². The van der Waals surface area contributed by atoms with E-state index >= 15 is 0 Å². The Labute approximate surface area is 68.9 Å². The standard InChI is InChI=1S/C9H18O2/c1-5-8(3)11-9(4)6-7(2)10/h6-8,10H,5H2,1-4H3/b9-6-/t7?,8-/m0/s1. The minimum Gasteiger partial charge on any atom is -0.496 e. The number of aliphatic hydroxyl groups is 1. The van der Waals surface area contributed by atoms with Crippen molar-refractivity contribution in [2.75, 3.05) is 0 Å². The molecule has 0 rings (SSSR count). The topological polar surface area (TPSA) is 29.5 Å². The van der Waals surface area contributed by atoms with E-state index in [0.29, 0.717) is 0 Å². The molecule has 0 spiro atoms.